The largest absolute Gasteiger partial charge is 0.482 e. The minimum atomic E-state index is -0.724. The molecule has 2 amide bonds. The summed E-state index contributed by atoms with van der Waals surface area (Å²) in [6, 6.07) is 9.40. The highest BCUT2D eigenvalue weighted by Gasteiger charge is 2.27. The van der Waals surface area contributed by atoms with Crippen molar-refractivity contribution < 1.29 is 14.3 Å². The first-order chi connectivity index (χ1) is 14.1. The summed E-state index contributed by atoms with van der Waals surface area (Å²) in [4.78, 5) is 27.0. The minimum Gasteiger partial charge on any atom is -0.482 e. The van der Waals surface area contributed by atoms with Gasteiger partial charge in [0.15, 0.2) is 6.61 Å². The van der Waals surface area contributed by atoms with Crippen molar-refractivity contribution in [2.24, 2.45) is 0 Å². The number of hydrogen-bond acceptors (Lipinski definition) is 3. The molecule has 5 nitrogen and oxygen atoms in total. The highest BCUT2D eigenvalue weighted by atomic mass is 79.9. The molecule has 2 aromatic rings. The molecule has 0 bridgehead atoms. The number of nitrogens with zero attached hydrogens (tertiary/aromatic N) is 1. The quantitative estimate of drug-likeness (QED) is 0.469. The van der Waals surface area contributed by atoms with Crippen LogP contribution < -0.4 is 10.1 Å². The lowest BCUT2D eigenvalue weighted by atomic mass is 10.1. The number of nitrogens with one attached hydrogen (secondary N) is 1. The first-order valence-corrected chi connectivity index (χ1v) is 11.1. The number of carbonyl (C=O) groups is 2. The van der Waals surface area contributed by atoms with Gasteiger partial charge in [0.2, 0.25) is 5.91 Å². The third kappa shape index (κ3) is 7.05. The molecule has 0 saturated heterocycles. The molecule has 0 aliphatic rings. The van der Waals surface area contributed by atoms with Gasteiger partial charge in [0.25, 0.3) is 5.91 Å². The number of amides is 2. The average Bonchev–Trinajstić information content (AvgIpc) is 2.66. The SMILES string of the molecule is CC(C)NC(=O)C(C)N(Cc1ccc(Cl)c(Cl)c1)C(=O)COc1ccc(Br)cc1Cl. The molecular formula is C21H22BrCl3N2O3. The predicted molar refractivity (Wildman–Crippen MR) is 124 cm³/mol. The highest BCUT2D eigenvalue weighted by molar-refractivity contribution is 9.10. The number of carbonyl (C=O) groups excluding carboxylic acids is 2. The molecule has 9 heteroatoms. The van der Waals surface area contributed by atoms with Gasteiger partial charge in [-0.25, -0.2) is 0 Å². The van der Waals surface area contributed by atoms with Gasteiger partial charge in [0, 0.05) is 17.1 Å². The van der Waals surface area contributed by atoms with E-state index >= 15 is 0 Å². The van der Waals surface area contributed by atoms with Crippen LogP contribution in [-0.4, -0.2) is 35.4 Å². The molecule has 162 valence electrons. The molecule has 1 N–H and O–H groups in total. The third-order valence-electron chi connectivity index (χ3n) is 4.18. The van der Waals surface area contributed by atoms with E-state index in [9.17, 15) is 9.59 Å². The molecule has 2 aromatic carbocycles. The van der Waals surface area contributed by atoms with Crippen molar-refractivity contribution >= 4 is 62.5 Å². The van der Waals surface area contributed by atoms with Crippen LogP contribution in [0.25, 0.3) is 0 Å². The van der Waals surface area contributed by atoms with Crippen LogP contribution in [-0.2, 0) is 16.1 Å². The van der Waals surface area contributed by atoms with E-state index in [1.54, 1.807) is 43.3 Å². The number of rotatable bonds is 8. The summed E-state index contributed by atoms with van der Waals surface area (Å²) in [6.07, 6.45) is 0. The van der Waals surface area contributed by atoms with Gasteiger partial charge in [-0.3, -0.25) is 9.59 Å². The maximum absolute atomic E-state index is 13.0. The molecule has 2 rings (SSSR count). The van der Waals surface area contributed by atoms with Crippen LogP contribution in [0, 0.1) is 0 Å². The van der Waals surface area contributed by atoms with Crippen molar-refractivity contribution in [3.8, 4) is 5.75 Å². The molecular weight excluding hydrogens is 515 g/mol. The first-order valence-electron chi connectivity index (χ1n) is 9.20. The lowest BCUT2D eigenvalue weighted by Crippen LogP contribution is -2.50. The molecule has 0 aliphatic heterocycles. The summed E-state index contributed by atoms with van der Waals surface area (Å²) >= 11 is 21.6. The van der Waals surface area contributed by atoms with Gasteiger partial charge in [0.1, 0.15) is 11.8 Å². The number of halogens is 4. The summed E-state index contributed by atoms with van der Waals surface area (Å²) < 4.78 is 6.40. The molecule has 0 saturated carbocycles. The standard InChI is InChI=1S/C21H22BrCl3N2O3/c1-12(2)26-21(29)13(3)27(10-14-4-6-16(23)17(24)8-14)20(28)11-30-19-7-5-15(22)9-18(19)25/h4-9,12-13H,10-11H2,1-3H3,(H,26,29). The number of ether oxygens (including phenoxy) is 1. The van der Waals surface area contributed by atoms with E-state index in [4.69, 9.17) is 39.5 Å². The number of hydrogen-bond donors (Lipinski definition) is 1. The number of benzene rings is 2. The second kappa shape index (κ2) is 11.2. The van der Waals surface area contributed by atoms with Crippen molar-refractivity contribution in [1.82, 2.24) is 10.2 Å². The van der Waals surface area contributed by atoms with Gasteiger partial charge in [-0.1, -0.05) is 56.8 Å². The molecule has 1 unspecified atom stereocenters. The zero-order valence-corrected chi connectivity index (χ0v) is 20.6. The van der Waals surface area contributed by atoms with Gasteiger partial charge < -0.3 is 15.0 Å². The molecule has 0 aromatic heterocycles. The second-order valence-corrected chi connectivity index (χ2v) is 9.11. The Kier molecular flexibility index (Phi) is 9.29. The van der Waals surface area contributed by atoms with E-state index in [2.05, 4.69) is 21.2 Å². The summed E-state index contributed by atoms with van der Waals surface area (Å²) in [7, 11) is 0. The van der Waals surface area contributed by atoms with Gasteiger partial charge in [-0.05, 0) is 56.7 Å². The third-order valence-corrected chi connectivity index (χ3v) is 5.71. The predicted octanol–water partition coefficient (Wildman–Crippen LogP) is 5.73. The van der Waals surface area contributed by atoms with E-state index in [0.717, 1.165) is 10.0 Å². The van der Waals surface area contributed by atoms with Crippen molar-refractivity contribution in [2.45, 2.75) is 39.4 Å². The van der Waals surface area contributed by atoms with Crippen LogP contribution in [0.3, 0.4) is 0 Å². The van der Waals surface area contributed by atoms with Crippen LogP contribution in [0.5, 0.6) is 5.75 Å². The van der Waals surface area contributed by atoms with Crippen LogP contribution in [0.1, 0.15) is 26.3 Å². The summed E-state index contributed by atoms with van der Waals surface area (Å²) in [6.45, 7) is 5.27. The topological polar surface area (TPSA) is 58.6 Å². The maximum Gasteiger partial charge on any atom is 0.261 e. The first kappa shape index (κ1) is 24.8. The fourth-order valence-electron chi connectivity index (χ4n) is 2.64. The van der Waals surface area contributed by atoms with E-state index in [-0.39, 0.29) is 31.0 Å². The van der Waals surface area contributed by atoms with Gasteiger partial charge in [0.05, 0.1) is 15.1 Å². The smallest absolute Gasteiger partial charge is 0.261 e. The van der Waals surface area contributed by atoms with Gasteiger partial charge in [-0.2, -0.15) is 0 Å². The molecule has 1 atom stereocenters. The zero-order chi connectivity index (χ0) is 22.4. The van der Waals surface area contributed by atoms with E-state index in [1.807, 2.05) is 13.8 Å². The van der Waals surface area contributed by atoms with Gasteiger partial charge >= 0.3 is 0 Å². The summed E-state index contributed by atoms with van der Waals surface area (Å²) in [5.74, 6) is -0.256. The Morgan fingerprint density at radius 3 is 2.33 bits per heavy atom. The normalized spacial score (nSPS) is 11.9. The molecule has 0 radical (unpaired) electrons. The fourth-order valence-corrected chi connectivity index (χ4v) is 3.69. The maximum atomic E-state index is 13.0. The Bertz CT molecular complexity index is 924. The minimum absolute atomic E-state index is 0.0558. The van der Waals surface area contributed by atoms with Crippen LogP contribution in [0.15, 0.2) is 40.9 Å². The van der Waals surface area contributed by atoms with E-state index < -0.39 is 6.04 Å². The van der Waals surface area contributed by atoms with E-state index in [1.165, 1.54) is 4.90 Å². The Hall–Kier alpha value is -1.47. The Morgan fingerprint density at radius 2 is 1.73 bits per heavy atom. The van der Waals surface area contributed by atoms with Crippen LogP contribution in [0.2, 0.25) is 15.1 Å². The molecule has 0 spiro atoms. The molecule has 0 fully saturated rings. The van der Waals surface area contributed by atoms with Crippen molar-refractivity contribution in [1.29, 1.82) is 0 Å². The van der Waals surface area contributed by atoms with Crippen LogP contribution >= 0.6 is 50.7 Å². The van der Waals surface area contributed by atoms with Crippen molar-refractivity contribution in [3.63, 3.8) is 0 Å². The van der Waals surface area contributed by atoms with Crippen LogP contribution in [0.4, 0.5) is 0 Å². The fraction of sp³-hybridized carbons (Fsp3) is 0.333. The zero-order valence-electron chi connectivity index (χ0n) is 16.7. The Labute approximate surface area is 199 Å². The Morgan fingerprint density at radius 1 is 1.03 bits per heavy atom. The van der Waals surface area contributed by atoms with Crippen molar-refractivity contribution in [2.75, 3.05) is 6.61 Å². The summed E-state index contributed by atoms with van der Waals surface area (Å²) in [5.41, 5.74) is 0.739. The lowest BCUT2D eigenvalue weighted by Gasteiger charge is -2.29. The van der Waals surface area contributed by atoms with Crippen molar-refractivity contribution in [3.05, 3.63) is 61.5 Å². The summed E-state index contributed by atoms with van der Waals surface area (Å²) in [5, 5.41) is 3.99. The molecule has 0 aliphatic carbocycles. The highest BCUT2D eigenvalue weighted by Crippen LogP contribution is 2.28. The lowest BCUT2D eigenvalue weighted by molar-refractivity contribution is -0.142. The second-order valence-electron chi connectivity index (χ2n) is 6.97. The molecule has 0 heterocycles. The van der Waals surface area contributed by atoms with E-state index in [0.29, 0.717) is 20.8 Å². The molecule has 30 heavy (non-hydrogen) atoms. The average molecular weight is 537 g/mol. The Balaban J connectivity index is 2.20. The van der Waals surface area contributed by atoms with Gasteiger partial charge in [-0.15, -0.1) is 0 Å². The monoisotopic (exact) mass is 534 g/mol.